The van der Waals surface area contributed by atoms with Gasteiger partial charge in [0.15, 0.2) is 0 Å². The molecule has 1 aromatic carbocycles. The van der Waals surface area contributed by atoms with Crippen molar-refractivity contribution in [3.63, 3.8) is 0 Å². The number of hydrogen-bond donors (Lipinski definition) is 1. The first-order valence-corrected chi connectivity index (χ1v) is 6.97. The first-order valence-electron chi connectivity index (χ1n) is 6.97. The molecule has 4 nitrogen and oxygen atoms in total. The quantitative estimate of drug-likeness (QED) is 0.884. The highest BCUT2D eigenvalue weighted by Crippen LogP contribution is 2.09. The van der Waals surface area contributed by atoms with Gasteiger partial charge in [0.05, 0.1) is 0 Å². The van der Waals surface area contributed by atoms with Crippen LogP contribution >= 0.6 is 0 Å². The largest absolute Gasteiger partial charge is 0.352 e. The molecule has 1 aromatic rings. The molecule has 1 fully saturated rings. The van der Waals surface area contributed by atoms with Gasteiger partial charge in [0.1, 0.15) is 0 Å². The van der Waals surface area contributed by atoms with E-state index in [2.05, 4.69) is 34.3 Å². The Morgan fingerprint density at radius 3 is 2.37 bits per heavy atom. The summed E-state index contributed by atoms with van der Waals surface area (Å²) >= 11 is 0. The van der Waals surface area contributed by atoms with Crippen LogP contribution in [-0.2, 0) is 6.54 Å². The van der Waals surface area contributed by atoms with Crippen LogP contribution in [0, 0.1) is 0 Å². The van der Waals surface area contributed by atoms with Gasteiger partial charge in [-0.2, -0.15) is 0 Å². The SMILES string of the molecule is CCNC(=O)c1ccc(CN2CCN(C)CC2)cc1. The summed E-state index contributed by atoms with van der Waals surface area (Å²) in [4.78, 5) is 16.5. The molecular formula is C15H23N3O. The van der Waals surface area contributed by atoms with Crippen LogP contribution in [0.5, 0.6) is 0 Å². The average molecular weight is 261 g/mol. The van der Waals surface area contributed by atoms with E-state index in [1.54, 1.807) is 0 Å². The minimum absolute atomic E-state index is 0.00801. The lowest BCUT2D eigenvalue weighted by Crippen LogP contribution is -2.43. The molecule has 1 saturated heterocycles. The molecular weight excluding hydrogens is 238 g/mol. The standard InChI is InChI=1S/C15H23N3O/c1-3-16-15(19)14-6-4-13(5-7-14)12-18-10-8-17(2)9-11-18/h4-7H,3,8-12H2,1-2H3,(H,16,19). The summed E-state index contributed by atoms with van der Waals surface area (Å²) in [5.74, 6) is 0.00801. The second-order valence-electron chi connectivity index (χ2n) is 5.14. The Morgan fingerprint density at radius 1 is 1.16 bits per heavy atom. The highest BCUT2D eigenvalue weighted by Gasteiger charge is 2.13. The Kier molecular flexibility index (Phi) is 4.93. The van der Waals surface area contributed by atoms with Crippen molar-refractivity contribution >= 4 is 5.91 Å². The highest BCUT2D eigenvalue weighted by molar-refractivity contribution is 5.94. The molecule has 0 aromatic heterocycles. The van der Waals surface area contributed by atoms with Crippen LogP contribution < -0.4 is 5.32 Å². The smallest absolute Gasteiger partial charge is 0.251 e. The van der Waals surface area contributed by atoms with Crippen LogP contribution in [0.2, 0.25) is 0 Å². The van der Waals surface area contributed by atoms with E-state index in [0.717, 1.165) is 38.3 Å². The van der Waals surface area contributed by atoms with Gasteiger partial charge in [-0.15, -0.1) is 0 Å². The van der Waals surface area contributed by atoms with Crippen molar-refractivity contribution in [1.82, 2.24) is 15.1 Å². The van der Waals surface area contributed by atoms with E-state index in [9.17, 15) is 4.79 Å². The average Bonchev–Trinajstić information content (AvgIpc) is 2.42. The third kappa shape index (κ3) is 4.04. The van der Waals surface area contributed by atoms with E-state index in [1.807, 2.05) is 19.1 Å². The van der Waals surface area contributed by atoms with Gasteiger partial charge < -0.3 is 10.2 Å². The topological polar surface area (TPSA) is 35.6 Å². The molecule has 0 atom stereocenters. The zero-order chi connectivity index (χ0) is 13.7. The molecule has 19 heavy (non-hydrogen) atoms. The molecule has 0 unspecified atom stereocenters. The van der Waals surface area contributed by atoms with Crippen LogP contribution in [0.1, 0.15) is 22.8 Å². The van der Waals surface area contributed by atoms with Gasteiger partial charge in [-0.05, 0) is 31.7 Å². The van der Waals surface area contributed by atoms with Crippen molar-refractivity contribution < 1.29 is 4.79 Å². The molecule has 1 aliphatic heterocycles. The predicted octanol–water partition coefficient (Wildman–Crippen LogP) is 1.18. The third-order valence-electron chi connectivity index (χ3n) is 3.56. The van der Waals surface area contributed by atoms with Crippen LogP contribution in [-0.4, -0.2) is 55.5 Å². The number of amides is 1. The summed E-state index contributed by atoms with van der Waals surface area (Å²) in [6.07, 6.45) is 0. The monoisotopic (exact) mass is 261 g/mol. The summed E-state index contributed by atoms with van der Waals surface area (Å²) in [7, 11) is 2.17. The highest BCUT2D eigenvalue weighted by atomic mass is 16.1. The molecule has 2 rings (SSSR count). The van der Waals surface area contributed by atoms with Gasteiger partial charge in [-0.3, -0.25) is 9.69 Å². The van der Waals surface area contributed by atoms with E-state index < -0.39 is 0 Å². The summed E-state index contributed by atoms with van der Waals surface area (Å²) in [5, 5.41) is 2.81. The Bertz CT molecular complexity index is 408. The van der Waals surface area contributed by atoms with Gasteiger partial charge in [0, 0.05) is 44.8 Å². The number of benzene rings is 1. The maximum absolute atomic E-state index is 11.7. The maximum Gasteiger partial charge on any atom is 0.251 e. The number of hydrogen-bond acceptors (Lipinski definition) is 3. The van der Waals surface area contributed by atoms with Crippen molar-refractivity contribution in [2.75, 3.05) is 39.8 Å². The van der Waals surface area contributed by atoms with Crippen LogP contribution in [0.15, 0.2) is 24.3 Å². The Morgan fingerprint density at radius 2 is 1.79 bits per heavy atom. The summed E-state index contributed by atoms with van der Waals surface area (Å²) in [6.45, 7) is 8.09. The number of nitrogens with one attached hydrogen (secondary N) is 1. The summed E-state index contributed by atoms with van der Waals surface area (Å²) in [6, 6.07) is 7.94. The van der Waals surface area contributed by atoms with Gasteiger partial charge in [-0.1, -0.05) is 12.1 Å². The molecule has 0 aliphatic carbocycles. The molecule has 4 heteroatoms. The van der Waals surface area contributed by atoms with Crippen LogP contribution in [0.3, 0.4) is 0 Å². The minimum Gasteiger partial charge on any atom is -0.352 e. The molecule has 104 valence electrons. The molecule has 1 heterocycles. The summed E-state index contributed by atoms with van der Waals surface area (Å²) in [5.41, 5.74) is 2.02. The third-order valence-corrected chi connectivity index (χ3v) is 3.56. The lowest BCUT2D eigenvalue weighted by Gasteiger charge is -2.32. The predicted molar refractivity (Wildman–Crippen MR) is 77.2 cm³/mol. The van der Waals surface area contributed by atoms with Crippen molar-refractivity contribution in [3.8, 4) is 0 Å². The number of nitrogens with zero attached hydrogens (tertiary/aromatic N) is 2. The molecule has 1 N–H and O–H groups in total. The Hall–Kier alpha value is -1.39. The van der Waals surface area contributed by atoms with Crippen molar-refractivity contribution in [1.29, 1.82) is 0 Å². The normalized spacial score (nSPS) is 17.4. The van der Waals surface area contributed by atoms with Gasteiger partial charge in [0.2, 0.25) is 0 Å². The van der Waals surface area contributed by atoms with E-state index >= 15 is 0 Å². The second-order valence-corrected chi connectivity index (χ2v) is 5.14. The molecule has 1 aliphatic rings. The number of rotatable bonds is 4. The van der Waals surface area contributed by atoms with Crippen LogP contribution in [0.25, 0.3) is 0 Å². The van der Waals surface area contributed by atoms with E-state index in [-0.39, 0.29) is 5.91 Å². The fourth-order valence-electron chi connectivity index (χ4n) is 2.29. The lowest BCUT2D eigenvalue weighted by atomic mass is 10.1. The molecule has 0 saturated carbocycles. The first kappa shape index (κ1) is 14.0. The fourth-order valence-corrected chi connectivity index (χ4v) is 2.29. The molecule has 0 spiro atoms. The molecule has 0 radical (unpaired) electrons. The molecule has 0 bridgehead atoms. The zero-order valence-corrected chi connectivity index (χ0v) is 11.9. The van der Waals surface area contributed by atoms with Crippen molar-refractivity contribution in [2.24, 2.45) is 0 Å². The Labute approximate surface area is 115 Å². The number of carbonyl (C=O) groups excluding carboxylic acids is 1. The minimum atomic E-state index is 0.00801. The molecule has 1 amide bonds. The van der Waals surface area contributed by atoms with Gasteiger partial charge in [0.25, 0.3) is 5.91 Å². The number of piperazine rings is 1. The number of carbonyl (C=O) groups is 1. The van der Waals surface area contributed by atoms with E-state index in [4.69, 9.17) is 0 Å². The zero-order valence-electron chi connectivity index (χ0n) is 11.9. The van der Waals surface area contributed by atoms with E-state index in [0.29, 0.717) is 6.54 Å². The second kappa shape index (κ2) is 6.68. The fraction of sp³-hybridized carbons (Fsp3) is 0.533. The Balaban J connectivity index is 1.90. The first-order chi connectivity index (χ1) is 9.19. The maximum atomic E-state index is 11.7. The van der Waals surface area contributed by atoms with Gasteiger partial charge in [-0.25, -0.2) is 0 Å². The lowest BCUT2D eigenvalue weighted by molar-refractivity contribution is 0.0956. The van der Waals surface area contributed by atoms with Crippen LogP contribution in [0.4, 0.5) is 0 Å². The van der Waals surface area contributed by atoms with Crippen molar-refractivity contribution in [2.45, 2.75) is 13.5 Å². The van der Waals surface area contributed by atoms with Gasteiger partial charge >= 0.3 is 0 Å². The summed E-state index contributed by atoms with van der Waals surface area (Å²) < 4.78 is 0. The number of likely N-dealkylation sites (N-methyl/N-ethyl adjacent to an activating group) is 1. The van der Waals surface area contributed by atoms with E-state index in [1.165, 1.54) is 5.56 Å². The van der Waals surface area contributed by atoms with Crippen molar-refractivity contribution in [3.05, 3.63) is 35.4 Å².